The minimum Gasteiger partial charge on any atom is -0.491 e. The van der Waals surface area contributed by atoms with Gasteiger partial charge in [-0.2, -0.15) is 4.98 Å². The van der Waals surface area contributed by atoms with Gasteiger partial charge in [-0.05, 0) is 25.1 Å². The van der Waals surface area contributed by atoms with E-state index >= 15 is 0 Å². The number of benzene rings is 1. The first-order valence-electron chi connectivity index (χ1n) is 11.5. The Balaban J connectivity index is 1.53. The van der Waals surface area contributed by atoms with Gasteiger partial charge in [0.25, 0.3) is 5.56 Å². The fourth-order valence-electron chi connectivity index (χ4n) is 4.06. The number of aliphatic hydroxyl groups excluding tert-OH is 1. The van der Waals surface area contributed by atoms with Crippen LogP contribution in [0.2, 0.25) is 0 Å². The second-order valence-corrected chi connectivity index (χ2v) is 8.44. The summed E-state index contributed by atoms with van der Waals surface area (Å²) in [7, 11) is 3.02. The number of imidazole rings is 1. The lowest BCUT2D eigenvalue weighted by Gasteiger charge is -2.26. The first-order chi connectivity index (χ1) is 16.5. The van der Waals surface area contributed by atoms with E-state index < -0.39 is 17.4 Å². The van der Waals surface area contributed by atoms with Crippen LogP contribution in [-0.4, -0.2) is 80.8 Å². The number of aliphatic hydroxyl groups is 1. The zero-order valence-electron chi connectivity index (χ0n) is 19.6. The summed E-state index contributed by atoms with van der Waals surface area (Å²) in [4.78, 5) is 32.3. The number of hydrogen-bond acceptors (Lipinski definition) is 8. The third-order valence-electron chi connectivity index (χ3n) is 5.96. The molecule has 1 aliphatic rings. The van der Waals surface area contributed by atoms with Crippen LogP contribution >= 0.6 is 0 Å². The van der Waals surface area contributed by atoms with Crippen LogP contribution in [0.15, 0.2) is 39.9 Å². The molecule has 1 atom stereocenters. The quantitative estimate of drug-likeness (QED) is 0.397. The van der Waals surface area contributed by atoms with Gasteiger partial charge in [-0.15, -0.1) is 0 Å². The Labute approximate surface area is 197 Å². The first kappa shape index (κ1) is 24.0. The van der Waals surface area contributed by atoms with Crippen LogP contribution in [0.4, 0.5) is 5.95 Å². The van der Waals surface area contributed by atoms with Crippen molar-refractivity contribution >= 4 is 17.1 Å². The molecule has 0 bridgehead atoms. The SMILES string of the molecule is Cn1c(=O)c2c(nc(NCCCN3CCOCC3)n2CC(O)COc2ccccc2)n(C)c1=O. The van der Waals surface area contributed by atoms with Gasteiger partial charge < -0.3 is 24.5 Å². The fraction of sp³-hybridized carbons (Fsp3) is 0.522. The van der Waals surface area contributed by atoms with E-state index in [4.69, 9.17) is 9.47 Å². The Bertz CT molecular complexity index is 1210. The van der Waals surface area contributed by atoms with E-state index in [1.807, 2.05) is 30.3 Å². The number of ether oxygens (including phenoxy) is 2. The van der Waals surface area contributed by atoms with E-state index in [1.165, 1.54) is 11.6 Å². The molecule has 11 nitrogen and oxygen atoms in total. The van der Waals surface area contributed by atoms with E-state index in [-0.39, 0.29) is 24.3 Å². The molecule has 2 aromatic heterocycles. The summed E-state index contributed by atoms with van der Waals surface area (Å²) in [6.45, 7) is 5.03. The maximum absolute atomic E-state index is 13.0. The van der Waals surface area contributed by atoms with Crippen molar-refractivity contribution < 1.29 is 14.6 Å². The molecule has 11 heteroatoms. The number of nitrogens with zero attached hydrogens (tertiary/aromatic N) is 5. The van der Waals surface area contributed by atoms with Crippen LogP contribution in [0, 0.1) is 0 Å². The number of morpholine rings is 1. The van der Waals surface area contributed by atoms with Crippen molar-refractivity contribution in [2.75, 3.05) is 51.3 Å². The monoisotopic (exact) mass is 472 g/mol. The van der Waals surface area contributed by atoms with Gasteiger partial charge in [0.05, 0.1) is 19.8 Å². The topological polar surface area (TPSA) is 116 Å². The minimum atomic E-state index is -0.895. The third-order valence-corrected chi connectivity index (χ3v) is 5.96. The van der Waals surface area contributed by atoms with Gasteiger partial charge in [-0.1, -0.05) is 18.2 Å². The maximum atomic E-state index is 13.0. The number of hydrogen-bond donors (Lipinski definition) is 2. The number of para-hydroxylation sites is 1. The summed E-state index contributed by atoms with van der Waals surface area (Å²) in [5, 5.41) is 14.0. The minimum absolute atomic E-state index is 0.0479. The summed E-state index contributed by atoms with van der Waals surface area (Å²) in [6.07, 6.45) is -0.0201. The third kappa shape index (κ3) is 5.32. The second kappa shape index (κ2) is 10.9. The predicted molar refractivity (Wildman–Crippen MR) is 129 cm³/mol. The Hall–Kier alpha value is -3.15. The Morgan fingerprint density at radius 2 is 1.88 bits per heavy atom. The number of nitrogens with one attached hydrogen (secondary N) is 1. The molecule has 0 aliphatic carbocycles. The van der Waals surface area contributed by atoms with Crippen molar-refractivity contribution in [3.8, 4) is 5.75 Å². The molecule has 0 spiro atoms. The van der Waals surface area contributed by atoms with Crippen molar-refractivity contribution in [2.45, 2.75) is 19.1 Å². The second-order valence-electron chi connectivity index (χ2n) is 8.44. The summed E-state index contributed by atoms with van der Waals surface area (Å²) >= 11 is 0. The lowest BCUT2D eigenvalue weighted by atomic mass is 10.3. The summed E-state index contributed by atoms with van der Waals surface area (Å²) < 4.78 is 15.1. The molecule has 184 valence electrons. The molecule has 1 unspecified atom stereocenters. The molecule has 1 aromatic carbocycles. The number of rotatable bonds is 10. The fourth-order valence-corrected chi connectivity index (χ4v) is 4.06. The highest BCUT2D eigenvalue weighted by molar-refractivity contribution is 5.74. The lowest BCUT2D eigenvalue weighted by Crippen LogP contribution is -2.38. The average Bonchev–Trinajstić information content (AvgIpc) is 3.22. The van der Waals surface area contributed by atoms with Crippen molar-refractivity contribution in [3.05, 3.63) is 51.2 Å². The Morgan fingerprint density at radius 1 is 1.15 bits per heavy atom. The largest absolute Gasteiger partial charge is 0.491 e. The van der Waals surface area contributed by atoms with Crippen LogP contribution in [0.3, 0.4) is 0 Å². The summed E-state index contributed by atoms with van der Waals surface area (Å²) in [5.41, 5.74) is -0.365. The maximum Gasteiger partial charge on any atom is 0.332 e. The molecule has 1 saturated heterocycles. The van der Waals surface area contributed by atoms with E-state index in [1.54, 1.807) is 11.6 Å². The molecular formula is C23H32N6O5. The highest BCUT2D eigenvalue weighted by atomic mass is 16.5. The van der Waals surface area contributed by atoms with Gasteiger partial charge in [0.15, 0.2) is 11.2 Å². The van der Waals surface area contributed by atoms with E-state index in [0.29, 0.717) is 18.2 Å². The van der Waals surface area contributed by atoms with Crippen molar-refractivity contribution in [2.24, 2.45) is 14.1 Å². The zero-order valence-corrected chi connectivity index (χ0v) is 19.6. The van der Waals surface area contributed by atoms with Gasteiger partial charge in [0.2, 0.25) is 5.95 Å². The van der Waals surface area contributed by atoms with Crippen LogP contribution in [0.25, 0.3) is 11.2 Å². The van der Waals surface area contributed by atoms with E-state index in [0.717, 1.165) is 43.8 Å². The predicted octanol–water partition coefficient (Wildman–Crippen LogP) is 0.00780. The van der Waals surface area contributed by atoms with Gasteiger partial charge in [0, 0.05) is 33.7 Å². The van der Waals surface area contributed by atoms with Gasteiger partial charge in [-0.3, -0.25) is 18.8 Å². The lowest BCUT2D eigenvalue weighted by molar-refractivity contribution is 0.0378. The Kier molecular flexibility index (Phi) is 7.66. The van der Waals surface area contributed by atoms with Gasteiger partial charge in [0.1, 0.15) is 18.5 Å². The summed E-state index contributed by atoms with van der Waals surface area (Å²) in [6, 6.07) is 9.22. The Morgan fingerprint density at radius 3 is 2.62 bits per heavy atom. The van der Waals surface area contributed by atoms with Gasteiger partial charge in [-0.25, -0.2) is 4.79 Å². The van der Waals surface area contributed by atoms with E-state index in [2.05, 4.69) is 15.2 Å². The normalized spacial score (nSPS) is 15.5. The van der Waals surface area contributed by atoms with Crippen molar-refractivity contribution in [3.63, 3.8) is 0 Å². The molecule has 3 heterocycles. The average molecular weight is 473 g/mol. The van der Waals surface area contributed by atoms with Crippen LogP contribution < -0.4 is 21.3 Å². The molecule has 4 rings (SSSR count). The molecule has 2 N–H and O–H groups in total. The molecule has 34 heavy (non-hydrogen) atoms. The van der Waals surface area contributed by atoms with E-state index in [9.17, 15) is 14.7 Å². The highest BCUT2D eigenvalue weighted by Crippen LogP contribution is 2.17. The number of anilines is 1. The standard InChI is InChI=1S/C23H32N6O5/c1-26-20-19(21(31)27(2)23(26)32)29(15-17(30)16-34-18-7-4-3-5-8-18)22(25-20)24-9-6-10-28-11-13-33-14-12-28/h3-5,7-8,17,30H,6,9-16H2,1-2H3,(H,24,25). The van der Waals surface area contributed by atoms with Gasteiger partial charge >= 0.3 is 5.69 Å². The van der Waals surface area contributed by atoms with Crippen LogP contribution in [0.1, 0.15) is 6.42 Å². The first-order valence-corrected chi connectivity index (χ1v) is 11.5. The van der Waals surface area contributed by atoms with Crippen molar-refractivity contribution in [1.82, 2.24) is 23.6 Å². The molecule has 1 fully saturated rings. The molecule has 0 saturated carbocycles. The number of aromatic nitrogens is 4. The smallest absolute Gasteiger partial charge is 0.332 e. The molecular weight excluding hydrogens is 440 g/mol. The van der Waals surface area contributed by atoms with Crippen LogP contribution in [0.5, 0.6) is 5.75 Å². The van der Waals surface area contributed by atoms with Crippen LogP contribution in [-0.2, 0) is 25.4 Å². The molecule has 0 amide bonds. The molecule has 0 radical (unpaired) electrons. The molecule has 1 aliphatic heterocycles. The number of fused-ring (bicyclic) bond motifs is 1. The highest BCUT2D eigenvalue weighted by Gasteiger charge is 2.21. The van der Waals surface area contributed by atoms with Crippen molar-refractivity contribution in [1.29, 1.82) is 0 Å². The summed E-state index contributed by atoms with van der Waals surface area (Å²) in [5.74, 6) is 1.09. The zero-order chi connectivity index (χ0) is 24.1. The molecule has 3 aromatic rings. The number of aryl methyl sites for hydroxylation is 1.